The van der Waals surface area contributed by atoms with Crippen molar-refractivity contribution in [3.05, 3.63) is 70.0 Å². The molecule has 0 saturated heterocycles. The number of rotatable bonds is 3. The average Bonchev–Trinajstić information content (AvgIpc) is 2.47. The van der Waals surface area contributed by atoms with Gasteiger partial charge in [-0.1, -0.05) is 29.8 Å². The lowest BCUT2D eigenvalue weighted by molar-refractivity contribution is -0.383. The summed E-state index contributed by atoms with van der Waals surface area (Å²) < 4.78 is 0. The van der Waals surface area contributed by atoms with Crippen LogP contribution in [0, 0.1) is 10.1 Å². The van der Waals surface area contributed by atoms with Gasteiger partial charge in [0.2, 0.25) is 0 Å². The highest BCUT2D eigenvalue weighted by Gasteiger charge is 2.18. The third-order valence-electron chi connectivity index (χ3n) is 3.12. The van der Waals surface area contributed by atoms with Crippen LogP contribution in [0.15, 0.2) is 54.9 Å². The van der Waals surface area contributed by atoms with Crippen molar-refractivity contribution in [3.8, 4) is 0 Å². The molecule has 1 heterocycles. The van der Waals surface area contributed by atoms with Gasteiger partial charge >= 0.3 is 5.69 Å². The van der Waals surface area contributed by atoms with E-state index in [1.54, 1.807) is 24.5 Å². The molecule has 1 N–H and O–H groups in total. The standard InChI is InChI=1S/C15H10ClN3O2/c16-12-4-2-6-14(15(12)19(20)21)18-13-5-1-3-10-9-17-8-7-11(10)13/h1-9,18H. The Morgan fingerprint density at radius 2 is 1.86 bits per heavy atom. The van der Waals surface area contributed by atoms with E-state index in [0.29, 0.717) is 5.69 Å². The van der Waals surface area contributed by atoms with E-state index in [1.807, 2.05) is 24.3 Å². The van der Waals surface area contributed by atoms with Crippen LogP contribution in [-0.2, 0) is 0 Å². The third-order valence-corrected chi connectivity index (χ3v) is 3.42. The molecule has 0 aliphatic rings. The summed E-state index contributed by atoms with van der Waals surface area (Å²) in [6.07, 6.45) is 3.42. The number of nitrogens with zero attached hydrogens (tertiary/aromatic N) is 2. The highest BCUT2D eigenvalue weighted by atomic mass is 35.5. The predicted molar refractivity (Wildman–Crippen MR) is 83.1 cm³/mol. The van der Waals surface area contributed by atoms with Crippen LogP contribution >= 0.6 is 11.6 Å². The second-order valence-corrected chi connectivity index (χ2v) is 4.83. The lowest BCUT2D eigenvalue weighted by Crippen LogP contribution is -1.98. The van der Waals surface area contributed by atoms with E-state index in [1.165, 1.54) is 6.07 Å². The molecule has 3 rings (SSSR count). The van der Waals surface area contributed by atoms with E-state index >= 15 is 0 Å². The van der Waals surface area contributed by atoms with Crippen LogP contribution in [0.4, 0.5) is 17.1 Å². The molecular formula is C15H10ClN3O2. The Kier molecular flexibility index (Phi) is 3.41. The number of nitro benzene ring substituents is 1. The highest BCUT2D eigenvalue weighted by Crippen LogP contribution is 2.35. The summed E-state index contributed by atoms with van der Waals surface area (Å²) in [7, 11) is 0. The number of halogens is 1. The molecule has 1 aromatic heterocycles. The van der Waals surface area contributed by atoms with Crippen LogP contribution < -0.4 is 5.32 Å². The Morgan fingerprint density at radius 1 is 1.10 bits per heavy atom. The van der Waals surface area contributed by atoms with Gasteiger partial charge in [-0.2, -0.15) is 0 Å². The molecule has 0 fully saturated rings. The number of pyridine rings is 1. The maximum atomic E-state index is 11.2. The van der Waals surface area contributed by atoms with Crippen LogP contribution in [0.5, 0.6) is 0 Å². The molecule has 0 bridgehead atoms. The Hall–Kier alpha value is -2.66. The number of anilines is 2. The van der Waals surface area contributed by atoms with Crippen molar-refractivity contribution in [1.29, 1.82) is 0 Å². The van der Waals surface area contributed by atoms with E-state index in [2.05, 4.69) is 10.3 Å². The van der Waals surface area contributed by atoms with Crippen LogP contribution in [-0.4, -0.2) is 9.91 Å². The lowest BCUT2D eigenvalue weighted by atomic mass is 10.1. The summed E-state index contributed by atoms with van der Waals surface area (Å²) in [5, 5.41) is 16.2. The van der Waals surface area contributed by atoms with Crippen molar-refractivity contribution in [2.75, 3.05) is 5.32 Å². The number of hydrogen-bond acceptors (Lipinski definition) is 4. The maximum Gasteiger partial charge on any atom is 0.311 e. The van der Waals surface area contributed by atoms with Gasteiger partial charge in [0.25, 0.3) is 0 Å². The molecule has 21 heavy (non-hydrogen) atoms. The van der Waals surface area contributed by atoms with Gasteiger partial charge in [0.1, 0.15) is 10.7 Å². The maximum absolute atomic E-state index is 11.2. The molecule has 0 unspecified atom stereocenters. The average molecular weight is 300 g/mol. The Morgan fingerprint density at radius 3 is 2.67 bits per heavy atom. The van der Waals surface area contributed by atoms with Gasteiger partial charge in [0.15, 0.2) is 0 Å². The molecule has 0 radical (unpaired) electrons. The number of benzene rings is 2. The summed E-state index contributed by atoms with van der Waals surface area (Å²) in [5.74, 6) is 0. The van der Waals surface area contributed by atoms with Crippen LogP contribution in [0.25, 0.3) is 10.8 Å². The summed E-state index contributed by atoms with van der Waals surface area (Å²) >= 11 is 5.92. The largest absolute Gasteiger partial charge is 0.349 e. The van der Waals surface area contributed by atoms with Crippen LogP contribution in [0.2, 0.25) is 5.02 Å². The van der Waals surface area contributed by atoms with Crippen LogP contribution in [0.1, 0.15) is 0 Å². The first kappa shape index (κ1) is 13.3. The molecule has 6 heteroatoms. The summed E-state index contributed by atoms with van der Waals surface area (Å²) in [4.78, 5) is 14.7. The van der Waals surface area contributed by atoms with E-state index < -0.39 is 4.92 Å². The zero-order valence-electron chi connectivity index (χ0n) is 10.8. The van der Waals surface area contributed by atoms with Crippen molar-refractivity contribution in [2.45, 2.75) is 0 Å². The molecule has 104 valence electrons. The molecule has 3 aromatic rings. The lowest BCUT2D eigenvalue weighted by Gasteiger charge is -2.10. The quantitative estimate of drug-likeness (QED) is 0.569. The van der Waals surface area contributed by atoms with Gasteiger partial charge in [-0.25, -0.2) is 0 Å². The molecule has 0 amide bonds. The fraction of sp³-hybridized carbons (Fsp3) is 0. The normalized spacial score (nSPS) is 10.5. The number of aromatic nitrogens is 1. The Balaban J connectivity index is 2.12. The zero-order chi connectivity index (χ0) is 14.8. The molecular weight excluding hydrogens is 290 g/mol. The minimum Gasteiger partial charge on any atom is -0.349 e. The van der Waals surface area contributed by atoms with Gasteiger partial charge in [-0.15, -0.1) is 0 Å². The van der Waals surface area contributed by atoms with Crippen molar-refractivity contribution >= 4 is 39.4 Å². The predicted octanol–water partition coefficient (Wildman–Crippen LogP) is 4.54. The first-order valence-corrected chi connectivity index (χ1v) is 6.57. The molecule has 0 aliphatic heterocycles. The molecule has 0 saturated carbocycles. The monoisotopic (exact) mass is 299 g/mol. The SMILES string of the molecule is O=[N+]([O-])c1c(Cl)cccc1Nc1cccc2cnccc12. The fourth-order valence-electron chi connectivity index (χ4n) is 2.18. The van der Waals surface area contributed by atoms with E-state index in [0.717, 1.165) is 16.5 Å². The van der Waals surface area contributed by atoms with E-state index in [-0.39, 0.29) is 10.7 Å². The molecule has 2 aromatic carbocycles. The first-order chi connectivity index (χ1) is 10.2. The first-order valence-electron chi connectivity index (χ1n) is 6.19. The van der Waals surface area contributed by atoms with Gasteiger partial charge in [-0.05, 0) is 24.3 Å². The van der Waals surface area contributed by atoms with Gasteiger partial charge in [0, 0.05) is 28.9 Å². The van der Waals surface area contributed by atoms with Gasteiger partial charge in [-0.3, -0.25) is 15.1 Å². The molecule has 5 nitrogen and oxygen atoms in total. The minimum atomic E-state index is -0.489. The molecule has 0 spiro atoms. The number of nitro groups is 1. The van der Waals surface area contributed by atoms with E-state index in [9.17, 15) is 10.1 Å². The molecule has 0 aliphatic carbocycles. The highest BCUT2D eigenvalue weighted by molar-refractivity contribution is 6.33. The zero-order valence-corrected chi connectivity index (χ0v) is 11.5. The number of fused-ring (bicyclic) bond motifs is 1. The summed E-state index contributed by atoms with van der Waals surface area (Å²) in [6.45, 7) is 0. The number of hydrogen-bond donors (Lipinski definition) is 1. The van der Waals surface area contributed by atoms with E-state index in [4.69, 9.17) is 11.6 Å². The smallest absolute Gasteiger partial charge is 0.311 e. The molecule has 0 atom stereocenters. The summed E-state index contributed by atoms with van der Waals surface area (Å²) in [6, 6.07) is 12.3. The number of para-hydroxylation sites is 1. The Bertz CT molecular complexity index is 831. The summed E-state index contributed by atoms with van der Waals surface area (Å²) in [5.41, 5.74) is 0.988. The fourth-order valence-corrected chi connectivity index (χ4v) is 2.42. The van der Waals surface area contributed by atoms with Crippen molar-refractivity contribution in [1.82, 2.24) is 4.98 Å². The second-order valence-electron chi connectivity index (χ2n) is 4.42. The van der Waals surface area contributed by atoms with Gasteiger partial charge in [0.05, 0.1) is 4.92 Å². The van der Waals surface area contributed by atoms with Crippen LogP contribution in [0.3, 0.4) is 0 Å². The topological polar surface area (TPSA) is 68.1 Å². The van der Waals surface area contributed by atoms with Crippen molar-refractivity contribution in [3.63, 3.8) is 0 Å². The van der Waals surface area contributed by atoms with Crippen molar-refractivity contribution in [2.24, 2.45) is 0 Å². The third kappa shape index (κ3) is 2.51. The minimum absolute atomic E-state index is 0.104. The van der Waals surface area contributed by atoms with Crippen molar-refractivity contribution < 1.29 is 4.92 Å². The second kappa shape index (κ2) is 5.38. The van der Waals surface area contributed by atoms with Gasteiger partial charge < -0.3 is 5.32 Å². The number of nitrogens with one attached hydrogen (secondary N) is 1. The Labute approximate surface area is 125 Å².